The van der Waals surface area contributed by atoms with E-state index in [4.69, 9.17) is 0 Å². The van der Waals surface area contributed by atoms with Crippen molar-refractivity contribution in [1.82, 2.24) is 0 Å². The molecule has 0 saturated carbocycles. The minimum Gasteiger partial charge on any atom is -0.258 e. The summed E-state index contributed by atoms with van der Waals surface area (Å²) >= 11 is 7.74. The molecule has 0 saturated heterocycles. The number of hydrogen-bond donors (Lipinski definition) is 1. The molecule has 72 valence electrons. The summed E-state index contributed by atoms with van der Waals surface area (Å²) < 4.78 is 2.59. The quantitative estimate of drug-likeness (QED) is 0.373. The smallest absolute Gasteiger partial charge is 0.258 e. The van der Waals surface area contributed by atoms with E-state index in [2.05, 4.69) is 12.6 Å². The van der Waals surface area contributed by atoms with Crippen LogP contribution in [-0.2, 0) is 0 Å². The van der Waals surface area contributed by atoms with Crippen molar-refractivity contribution < 1.29 is 4.92 Å². The van der Waals surface area contributed by atoms with E-state index in [0.29, 0.717) is 3.57 Å². The van der Waals surface area contributed by atoms with Gasteiger partial charge in [-0.15, -0.1) is 24.0 Å². The van der Waals surface area contributed by atoms with Crippen molar-refractivity contribution in [3.05, 3.63) is 31.9 Å². The maximum Gasteiger partial charge on any atom is 0.283 e. The molecule has 0 unspecified atom stereocenters. The zero-order chi connectivity index (χ0) is 10.3. The van der Waals surface area contributed by atoms with E-state index in [9.17, 15) is 10.1 Å². The zero-order valence-electron chi connectivity index (χ0n) is 6.73. The van der Waals surface area contributed by atoms with Crippen molar-refractivity contribution in [3.63, 3.8) is 0 Å². The monoisotopic (exact) mass is 337 g/mol. The van der Waals surface area contributed by atoms with E-state index in [1.807, 2.05) is 28.7 Å². The second kappa shape index (κ2) is 3.67. The molecule has 0 atom stereocenters. The molecule has 0 bridgehead atoms. The standard InChI is InChI=1S/C8H4INO2S2/c9-8-4-3-7(13)14-6(4)2-1-5(8)10(11)12/h1-3,13H. The molecule has 3 nitrogen and oxygen atoms in total. The van der Waals surface area contributed by atoms with Gasteiger partial charge in [-0.05, 0) is 34.7 Å². The van der Waals surface area contributed by atoms with Crippen LogP contribution in [0.1, 0.15) is 0 Å². The van der Waals surface area contributed by atoms with Gasteiger partial charge in [0.15, 0.2) is 0 Å². The molecule has 0 aliphatic carbocycles. The van der Waals surface area contributed by atoms with Gasteiger partial charge in [0.2, 0.25) is 0 Å². The Labute approximate surface area is 103 Å². The molecule has 1 aromatic heterocycles. The summed E-state index contributed by atoms with van der Waals surface area (Å²) in [7, 11) is 0. The fourth-order valence-corrected chi connectivity index (χ4v) is 3.43. The van der Waals surface area contributed by atoms with Gasteiger partial charge in [-0.3, -0.25) is 10.1 Å². The Hall–Kier alpha value is -0.340. The van der Waals surface area contributed by atoms with Gasteiger partial charge in [0, 0.05) is 16.2 Å². The van der Waals surface area contributed by atoms with Gasteiger partial charge in [-0.2, -0.15) is 0 Å². The van der Waals surface area contributed by atoms with Crippen molar-refractivity contribution in [3.8, 4) is 0 Å². The molecule has 14 heavy (non-hydrogen) atoms. The molecule has 0 spiro atoms. The van der Waals surface area contributed by atoms with Crippen LogP contribution < -0.4 is 0 Å². The van der Waals surface area contributed by atoms with E-state index in [1.54, 1.807) is 6.07 Å². The van der Waals surface area contributed by atoms with Crippen LogP contribution >= 0.6 is 46.6 Å². The average Bonchev–Trinajstić information content (AvgIpc) is 2.46. The number of thiophene rings is 1. The number of nitrogens with zero attached hydrogens (tertiary/aromatic N) is 1. The highest BCUT2D eigenvalue weighted by Gasteiger charge is 2.15. The van der Waals surface area contributed by atoms with Crippen LogP contribution in [0.5, 0.6) is 0 Å². The zero-order valence-corrected chi connectivity index (χ0v) is 10.6. The van der Waals surface area contributed by atoms with E-state index < -0.39 is 0 Å². The summed E-state index contributed by atoms with van der Waals surface area (Å²) in [6.07, 6.45) is 0. The Morgan fingerprint density at radius 2 is 2.21 bits per heavy atom. The number of nitro groups is 1. The molecule has 0 fully saturated rings. The third kappa shape index (κ3) is 1.61. The lowest BCUT2D eigenvalue weighted by atomic mass is 10.2. The third-order valence-electron chi connectivity index (χ3n) is 1.80. The highest BCUT2D eigenvalue weighted by atomic mass is 127. The number of benzene rings is 1. The van der Waals surface area contributed by atoms with Gasteiger partial charge in [-0.1, -0.05) is 0 Å². The summed E-state index contributed by atoms with van der Waals surface area (Å²) in [6, 6.07) is 5.16. The van der Waals surface area contributed by atoms with Crippen molar-refractivity contribution in [2.45, 2.75) is 4.21 Å². The van der Waals surface area contributed by atoms with Crippen LogP contribution in [0, 0.1) is 13.7 Å². The van der Waals surface area contributed by atoms with E-state index in [0.717, 1.165) is 14.3 Å². The van der Waals surface area contributed by atoms with Crippen molar-refractivity contribution in [1.29, 1.82) is 0 Å². The summed E-state index contributed by atoms with van der Waals surface area (Å²) in [5.74, 6) is 0. The fourth-order valence-electron chi connectivity index (χ4n) is 1.19. The molecule has 6 heteroatoms. The van der Waals surface area contributed by atoms with Gasteiger partial charge in [0.1, 0.15) is 0 Å². The molecule has 1 heterocycles. The first-order valence-corrected chi connectivity index (χ1v) is 5.99. The van der Waals surface area contributed by atoms with Crippen LogP contribution in [0.4, 0.5) is 5.69 Å². The Bertz CT molecular complexity index is 523. The minimum absolute atomic E-state index is 0.157. The highest BCUT2D eigenvalue weighted by molar-refractivity contribution is 14.1. The molecule has 1 aromatic carbocycles. The van der Waals surface area contributed by atoms with Gasteiger partial charge in [0.05, 0.1) is 12.7 Å². The lowest BCUT2D eigenvalue weighted by molar-refractivity contribution is -0.385. The van der Waals surface area contributed by atoms with Crippen molar-refractivity contribution in [2.24, 2.45) is 0 Å². The SMILES string of the molecule is O=[N+]([O-])c1ccc2sc(S)cc2c1I. The number of halogens is 1. The van der Waals surface area contributed by atoms with E-state index in [-0.39, 0.29) is 10.6 Å². The minimum atomic E-state index is -0.364. The van der Waals surface area contributed by atoms with E-state index in [1.165, 1.54) is 17.4 Å². The molecular weight excluding hydrogens is 333 g/mol. The topological polar surface area (TPSA) is 43.1 Å². The Kier molecular flexibility index (Phi) is 2.67. The molecule has 0 aliphatic heterocycles. The second-order valence-electron chi connectivity index (χ2n) is 2.65. The number of rotatable bonds is 1. The predicted molar refractivity (Wildman–Crippen MR) is 68.4 cm³/mol. The number of nitro benzene ring substituents is 1. The summed E-state index contributed by atoms with van der Waals surface area (Å²) in [5.41, 5.74) is 0.157. The molecule has 0 aliphatic rings. The molecule has 2 rings (SSSR count). The lowest BCUT2D eigenvalue weighted by Gasteiger charge is -1.95. The molecule has 0 radical (unpaired) electrons. The summed E-state index contributed by atoms with van der Waals surface area (Å²) in [5, 5.41) is 11.6. The normalized spacial score (nSPS) is 10.7. The summed E-state index contributed by atoms with van der Waals surface area (Å²) in [6.45, 7) is 0. The number of fused-ring (bicyclic) bond motifs is 1. The average molecular weight is 337 g/mol. The van der Waals surface area contributed by atoms with Crippen LogP contribution in [0.25, 0.3) is 10.1 Å². The predicted octanol–water partition coefficient (Wildman–Crippen LogP) is 3.70. The first-order chi connectivity index (χ1) is 6.59. The number of thiol groups is 1. The van der Waals surface area contributed by atoms with Crippen LogP contribution in [-0.4, -0.2) is 4.92 Å². The summed E-state index contributed by atoms with van der Waals surface area (Å²) in [4.78, 5) is 10.3. The third-order valence-corrected chi connectivity index (χ3v) is 4.24. The van der Waals surface area contributed by atoms with Gasteiger partial charge in [0.25, 0.3) is 5.69 Å². The molecule has 2 aromatic rings. The largest absolute Gasteiger partial charge is 0.283 e. The highest BCUT2D eigenvalue weighted by Crippen LogP contribution is 2.35. The Balaban J connectivity index is 2.80. The Morgan fingerprint density at radius 1 is 1.50 bits per heavy atom. The van der Waals surface area contributed by atoms with Crippen LogP contribution in [0.15, 0.2) is 22.4 Å². The van der Waals surface area contributed by atoms with E-state index >= 15 is 0 Å². The fraction of sp³-hybridized carbons (Fsp3) is 0. The van der Waals surface area contributed by atoms with Gasteiger partial charge < -0.3 is 0 Å². The molecule has 0 amide bonds. The van der Waals surface area contributed by atoms with Crippen LogP contribution in [0.3, 0.4) is 0 Å². The maximum atomic E-state index is 10.7. The lowest BCUT2D eigenvalue weighted by Crippen LogP contribution is -1.90. The maximum absolute atomic E-state index is 10.7. The first-order valence-electron chi connectivity index (χ1n) is 3.65. The second-order valence-corrected chi connectivity index (χ2v) is 5.60. The van der Waals surface area contributed by atoms with Crippen LogP contribution in [0.2, 0.25) is 0 Å². The Morgan fingerprint density at radius 3 is 2.86 bits per heavy atom. The van der Waals surface area contributed by atoms with Gasteiger partial charge in [-0.25, -0.2) is 0 Å². The first kappa shape index (κ1) is 10.2. The van der Waals surface area contributed by atoms with Crippen molar-refractivity contribution >= 4 is 62.3 Å². The van der Waals surface area contributed by atoms with Crippen molar-refractivity contribution in [2.75, 3.05) is 0 Å². The molecular formula is C8H4INO2S2. The van der Waals surface area contributed by atoms with Gasteiger partial charge >= 0.3 is 0 Å². The molecule has 0 N–H and O–H groups in total. The number of hydrogen-bond acceptors (Lipinski definition) is 4.